The van der Waals surface area contributed by atoms with Gasteiger partial charge < -0.3 is 4.74 Å². The smallest absolute Gasteiger partial charge is 0.264 e. The monoisotopic (exact) mass is 312 g/mol. The minimum atomic E-state index is -0.208. The molecule has 3 aromatic rings. The second-order valence-corrected chi connectivity index (χ2v) is 6.05. The maximum Gasteiger partial charge on any atom is 0.264 e. The lowest BCUT2D eigenvalue weighted by molar-refractivity contribution is -0.118. The molecule has 0 unspecified atom stereocenters. The van der Waals surface area contributed by atoms with Gasteiger partial charge in [-0.25, -0.2) is 4.98 Å². The number of aryl methyl sites for hydroxylation is 1. The standard InChI is InChI=1S/C17H16N2O2S/c1-11-6-5-8-14(12(11)2)21-10-16(20)19-17-18-13-7-3-4-9-15(13)22-17/h3-9H,10H2,1-2H3,(H,18,19,20). The molecule has 0 saturated carbocycles. The van der Waals surface area contributed by atoms with Gasteiger partial charge in [-0.1, -0.05) is 35.6 Å². The van der Waals surface area contributed by atoms with E-state index in [-0.39, 0.29) is 12.5 Å². The molecule has 0 bridgehead atoms. The van der Waals surface area contributed by atoms with E-state index in [0.717, 1.165) is 27.1 Å². The topological polar surface area (TPSA) is 51.2 Å². The third-order valence-corrected chi connectivity index (χ3v) is 4.41. The third-order valence-electron chi connectivity index (χ3n) is 3.45. The summed E-state index contributed by atoms with van der Waals surface area (Å²) in [6, 6.07) is 13.6. The van der Waals surface area contributed by atoms with Crippen LogP contribution in [0.5, 0.6) is 5.75 Å². The Labute approximate surface area is 132 Å². The largest absolute Gasteiger partial charge is 0.483 e. The van der Waals surface area contributed by atoms with Crippen molar-refractivity contribution >= 4 is 32.6 Å². The summed E-state index contributed by atoms with van der Waals surface area (Å²) >= 11 is 1.45. The molecule has 0 saturated heterocycles. The number of nitrogens with zero attached hydrogens (tertiary/aromatic N) is 1. The van der Waals surface area contributed by atoms with E-state index in [4.69, 9.17) is 4.74 Å². The molecule has 2 aromatic carbocycles. The van der Waals surface area contributed by atoms with Crippen molar-refractivity contribution in [1.29, 1.82) is 0 Å². The number of carbonyl (C=O) groups is 1. The summed E-state index contributed by atoms with van der Waals surface area (Å²) in [6.45, 7) is 3.97. The molecule has 1 N–H and O–H groups in total. The normalized spacial score (nSPS) is 10.6. The molecular formula is C17H16N2O2S. The zero-order valence-electron chi connectivity index (χ0n) is 12.4. The van der Waals surface area contributed by atoms with Gasteiger partial charge in [0, 0.05) is 0 Å². The van der Waals surface area contributed by atoms with Crippen LogP contribution in [0.1, 0.15) is 11.1 Å². The summed E-state index contributed by atoms with van der Waals surface area (Å²) < 4.78 is 6.64. The molecule has 22 heavy (non-hydrogen) atoms. The van der Waals surface area contributed by atoms with Crippen molar-refractivity contribution < 1.29 is 9.53 Å². The van der Waals surface area contributed by atoms with Crippen molar-refractivity contribution in [3.8, 4) is 5.75 Å². The number of rotatable bonds is 4. The van der Waals surface area contributed by atoms with E-state index in [0.29, 0.717) is 5.13 Å². The fourth-order valence-corrected chi connectivity index (χ4v) is 2.99. The Morgan fingerprint density at radius 1 is 1.18 bits per heavy atom. The predicted molar refractivity (Wildman–Crippen MR) is 89.7 cm³/mol. The number of anilines is 1. The van der Waals surface area contributed by atoms with Crippen LogP contribution in [0.4, 0.5) is 5.13 Å². The average Bonchev–Trinajstić information content (AvgIpc) is 2.91. The Balaban J connectivity index is 1.64. The van der Waals surface area contributed by atoms with Crippen LogP contribution in [0.3, 0.4) is 0 Å². The van der Waals surface area contributed by atoms with Gasteiger partial charge in [0.1, 0.15) is 5.75 Å². The summed E-state index contributed by atoms with van der Waals surface area (Å²) in [4.78, 5) is 16.4. The van der Waals surface area contributed by atoms with Crippen LogP contribution in [0.15, 0.2) is 42.5 Å². The first-order valence-electron chi connectivity index (χ1n) is 6.98. The van der Waals surface area contributed by atoms with E-state index >= 15 is 0 Å². The number of hydrogen-bond donors (Lipinski definition) is 1. The fraction of sp³-hybridized carbons (Fsp3) is 0.176. The number of amides is 1. The molecule has 1 heterocycles. The van der Waals surface area contributed by atoms with Gasteiger partial charge in [0.15, 0.2) is 11.7 Å². The Hall–Kier alpha value is -2.40. The maximum atomic E-state index is 12.0. The summed E-state index contributed by atoms with van der Waals surface area (Å²) in [5, 5.41) is 3.37. The first-order valence-corrected chi connectivity index (χ1v) is 7.79. The van der Waals surface area contributed by atoms with Crippen molar-refractivity contribution in [2.45, 2.75) is 13.8 Å². The van der Waals surface area contributed by atoms with Gasteiger partial charge in [-0.05, 0) is 43.2 Å². The van der Waals surface area contributed by atoms with Crippen LogP contribution < -0.4 is 10.1 Å². The van der Waals surface area contributed by atoms with E-state index in [1.165, 1.54) is 11.3 Å². The molecule has 0 atom stereocenters. The Kier molecular flexibility index (Phi) is 4.06. The predicted octanol–water partition coefficient (Wildman–Crippen LogP) is 3.93. The zero-order valence-corrected chi connectivity index (χ0v) is 13.2. The Morgan fingerprint density at radius 2 is 2.00 bits per heavy atom. The first kappa shape index (κ1) is 14.5. The van der Waals surface area contributed by atoms with E-state index < -0.39 is 0 Å². The summed E-state index contributed by atoms with van der Waals surface area (Å²) in [6.07, 6.45) is 0. The van der Waals surface area contributed by atoms with Crippen molar-refractivity contribution in [2.24, 2.45) is 0 Å². The number of benzene rings is 2. The molecular weight excluding hydrogens is 296 g/mol. The quantitative estimate of drug-likeness (QED) is 0.794. The fourth-order valence-electron chi connectivity index (χ4n) is 2.10. The maximum absolute atomic E-state index is 12.0. The van der Waals surface area contributed by atoms with Crippen molar-refractivity contribution in [1.82, 2.24) is 4.98 Å². The minimum Gasteiger partial charge on any atom is -0.483 e. The molecule has 1 aromatic heterocycles. The number of thiazole rings is 1. The third kappa shape index (κ3) is 3.09. The van der Waals surface area contributed by atoms with E-state index in [9.17, 15) is 4.79 Å². The number of carbonyl (C=O) groups excluding carboxylic acids is 1. The molecule has 3 rings (SSSR count). The second-order valence-electron chi connectivity index (χ2n) is 5.02. The summed E-state index contributed by atoms with van der Waals surface area (Å²) in [5.74, 6) is 0.527. The highest BCUT2D eigenvalue weighted by molar-refractivity contribution is 7.22. The highest BCUT2D eigenvalue weighted by atomic mass is 32.1. The lowest BCUT2D eigenvalue weighted by Crippen LogP contribution is -2.20. The number of aromatic nitrogens is 1. The van der Waals surface area contributed by atoms with Crippen LogP contribution >= 0.6 is 11.3 Å². The van der Waals surface area contributed by atoms with Crippen LogP contribution in [0.25, 0.3) is 10.2 Å². The molecule has 0 aliphatic rings. The van der Waals surface area contributed by atoms with Crippen molar-refractivity contribution in [3.63, 3.8) is 0 Å². The van der Waals surface area contributed by atoms with Gasteiger partial charge in [0.05, 0.1) is 10.2 Å². The molecule has 0 fully saturated rings. The Bertz CT molecular complexity index is 793. The molecule has 1 amide bonds. The molecule has 5 heteroatoms. The van der Waals surface area contributed by atoms with Gasteiger partial charge in [0.25, 0.3) is 5.91 Å². The van der Waals surface area contributed by atoms with Gasteiger partial charge >= 0.3 is 0 Å². The van der Waals surface area contributed by atoms with E-state index in [1.807, 2.05) is 56.3 Å². The number of nitrogens with one attached hydrogen (secondary N) is 1. The summed E-state index contributed by atoms with van der Waals surface area (Å²) in [7, 11) is 0. The van der Waals surface area contributed by atoms with Crippen LogP contribution in [0, 0.1) is 13.8 Å². The Morgan fingerprint density at radius 3 is 2.82 bits per heavy atom. The number of fused-ring (bicyclic) bond motifs is 1. The van der Waals surface area contributed by atoms with E-state index in [2.05, 4.69) is 10.3 Å². The summed E-state index contributed by atoms with van der Waals surface area (Å²) in [5.41, 5.74) is 3.08. The van der Waals surface area contributed by atoms with Crippen molar-refractivity contribution in [3.05, 3.63) is 53.6 Å². The lowest BCUT2D eigenvalue weighted by atomic mass is 10.1. The SMILES string of the molecule is Cc1cccc(OCC(=O)Nc2nc3ccccc3s2)c1C. The molecule has 0 aliphatic heterocycles. The molecule has 0 aliphatic carbocycles. The van der Waals surface area contributed by atoms with Crippen LogP contribution in [-0.2, 0) is 4.79 Å². The van der Waals surface area contributed by atoms with Crippen LogP contribution in [-0.4, -0.2) is 17.5 Å². The molecule has 4 nitrogen and oxygen atoms in total. The van der Waals surface area contributed by atoms with Crippen LogP contribution in [0.2, 0.25) is 0 Å². The molecule has 112 valence electrons. The zero-order chi connectivity index (χ0) is 15.5. The lowest BCUT2D eigenvalue weighted by Gasteiger charge is -2.10. The van der Waals surface area contributed by atoms with Gasteiger partial charge in [0.2, 0.25) is 0 Å². The highest BCUT2D eigenvalue weighted by Gasteiger charge is 2.09. The van der Waals surface area contributed by atoms with E-state index in [1.54, 1.807) is 0 Å². The van der Waals surface area contributed by atoms with Crippen molar-refractivity contribution in [2.75, 3.05) is 11.9 Å². The molecule has 0 radical (unpaired) electrons. The number of hydrogen-bond acceptors (Lipinski definition) is 4. The van der Waals surface area contributed by atoms with Gasteiger partial charge in [-0.3, -0.25) is 10.1 Å². The average molecular weight is 312 g/mol. The first-order chi connectivity index (χ1) is 10.6. The van der Waals surface area contributed by atoms with Gasteiger partial charge in [-0.2, -0.15) is 0 Å². The highest BCUT2D eigenvalue weighted by Crippen LogP contribution is 2.25. The number of ether oxygens (including phenoxy) is 1. The number of para-hydroxylation sites is 1. The van der Waals surface area contributed by atoms with Gasteiger partial charge in [-0.15, -0.1) is 0 Å². The minimum absolute atomic E-state index is 0.0276. The second kappa shape index (κ2) is 6.15. The molecule has 0 spiro atoms.